The summed E-state index contributed by atoms with van der Waals surface area (Å²) in [5.74, 6) is 0. The van der Waals surface area contributed by atoms with E-state index in [2.05, 4.69) is 9.82 Å². The maximum Gasteiger partial charge on any atom is 0.279 e. The van der Waals surface area contributed by atoms with Gasteiger partial charge in [0, 0.05) is 38.1 Å². The Kier molecular flexibility index (Phi) is 4.95. The number of hydrogen-bond donors (Lipinski definition) is 1. The zero-order valence-electron chi connectivity index (χ0n) is 11.3. The average molecular weight is 286 g/mol. The van der Waals surface area contributed by atoms with E-state index in [1.54, 1.807) is 15.2 Å². The van der Waals surface area contributed by atoms with E-state index < -0.39 is 10.2 Å². The van der Waals surface area contributed by atoms with Crippen molar-refractivity contribution < 1.29 is 8.42 Å². The van der Waals surface area contributed by atoms with Gasteiger partial charge in [-0.3, -0.25) is 4.68 Å². The molecule has 0 aliphatic carbocycles. The predicted octanol–water partition coefficient (Wildman–Crippen LogP) is 0.982. The van der Waals surface area contributed by atoms with E-state index in [0.29, 0.717) is 13.1 Å². The first-order chi connectivity index (χ1) is 9.09. The van der Waals surface area contributed by atoms with Crippen molar-refractivity contribution >= 4 is 10.2 Å². The number of rotatable bonds is 6. The number of nitrogens with one attached hydrogen (secondary N) is 1. The van der Waals surface area contributed by atoms with E-state index in [-0.39, 0.29) is 6.04 Å². The molecule has 0 amide bonds. The molecule has 2 heterocycles. The quantitative estimate of drug-likeness (QED) is 0.793. The van der Waals surface area contributed by atoms with Gasteiger partial charge in [-0.15, -0.1) is 0 Å². The average Bonchev–Trinajstić information content (AvgIpc) is 2.88. The minimum absolute atomic E-state index is 0.109. The summed E-state index contributed by atoms with van der Waals surface area (Å²) in [4.78, 5) is 0. The van der Waals surface area contributed by atoms with Gasteiger partial charge in [0.15, 0.2) is 0 Å². The molecule has 1 fully saturated rings. The lowest BCUT2D eigenvalue weighted by atomic mass is 10.1. The lowest BCUT2D eigenvalue weighted by Gasteiger charge is -2.32. The van der Waals surface area contributed by atoms with Gasteiger partial charge in [-0.25, -0.2) is 4.72 Å². The predicted molar refractivity (Wildman–Crippen MR) is 73.8 cm³/mol. The molecule has 0 radical (unpaired) electrons. The maximum atomic E-state index is 12.1. The summed E-state index contributed by atoms with van der Waals surface area (Å²) in [6.45, 7) is 3.79. The first kappa shape index (κ1) is 14.5. The number of piperidine rings is 1. The second-order valence-corrected chi connectivity index (χ2v) is 6.69. The Hall–Kier alpha value is -0.920. The van der Waals surface area contributed by atoms with Gasteiger partial charge in [0.25, 0.3) is 10.2 Å². The van der Waals surface area contributed by atoms with Gasteiger partial charge in [0.2, 0.25) is 0 Å². The summed E-state index contributed by atoms with van der Waals surface area (Å²) >= 11 is 0. The molecule has 1 unspecified atom stereocenters. The fraction of sp³-hybridized carbons (Fsp3) is 0.750. The molecule has 0 aromatic carbocycles. The van der Waals surface area contributed by atoms with E-state index in [9.17, 15) is 8.42 Å². The van der Waals surface area contributed by atoms with Crippen molar-refractivity contribution in [1.29, 1.82) is 0 Å². The van der Waals surface area contributed by atoms with Crippen molar-refractivity contribution in [3.05, 3.63) is 18.5 Å². The molecule has 0 bridgehead atoms. The van der Waals surface area contributed by atoms with Crippen LogP contribution in [0.5, 0.6) is 0 Å². The van der Waals surface area contributed by atoms with Crippen molar-refractivity contribution in [3.63, 3.8) is 0 Å². The van der Waals surface area contributed by atoms with E-state index in [1.165, 1.54) is 0 Å². The molecule has 1 N–H and O–H groups in total. The molecule has 6 nitrogen and oxygen atoms in total. The number of aromatic nitrogens is 2. The highest BCUT2D eigenvalue weighted by molar-refractivity contribution is 7.87. The lowest BCUT2D eigenvalue weighted by molar-refractivity contribution is 0.265. The molecular formula is C12H22N4O2S. The Morgan fingerprint density at radius 3 is 2.95 bits per heavy atom. The summed E-state index contributed by atoms with van der Waals surface area (Å²) in [5, 5.41) is 4.08. The third kappa shape index (κ3) is 4.02. The van der Waals surface area contributed by atoms with Crippen LogP contribution in [0.3, 0.4) is 0 Å². The van der Waals surface area contributed by atoms with Crippen molar-refractivity contribution in [2.45, 2.75) is 45.2 Å². The van der Waals surface area contributed by atoms with E-state index in [4.69, 9.17) is 0 Å². The van der Waals surface area contributed by atoms with Crippen LogP contribution >= 0.6 is 0 Å². The maximum absolute atomic E-state index is 12.1. The van der Waals surface area contributed by atoms with Crippen LogP contribution in [0.2, 0.25) is 0 Å². The summed E-state index contributed by atoms with van der Waals surface area (Å²) in [5.41, 5.74) is 0. The van der Waals surface area contributed by atoms with Crippen molar-refractivity contribution in [2.24, 2.45) is 0 Å². The van der Waals surface area contributed by atoms with Gasteiger partial charge in [-0.05, 0) is 32.3 Å². The second-order valence-electron chi connectivity index (χ2n) is 4.98. The van der Waals surface area contributed by atoms with Crippen LogP contribution in [0.4, 0.5) is 0 Å². The minimum atomic E-state index is -3.32. The third-order valence-corrected chi connectivity index (χ3v) is 5.19. The highest BCUT2D eigenvalue weighted by Gasteiger charge is 2.28. The molecule has 1 aliphatic rings. The zero-order valence-corrected chi connectivity index (χ0v) is 12.1. The van der Waals surface area contributed by atoms with Crippen LogP contribution < -0.4 is 4.72 Å². The summed E-state index contributed by atoms with van der Waals surface area (Å²) in [6, 6.07) is 1.97. The van der Waals surface area contributed by atoms with Gasteiger partial charge < -0.3 is 0 Å². The highest BCUT2D eigenvalue weighted by atomic mass is 32.2. The van der Waals surface area contributed by atoms with Gasteiger partial charge in [0.05, 0.1) is 0 Å². The molecule has 108 valence electrons. The Balaban J connectivity index is 1.77. The van der Waals surface area contributed by atoms with E-state index >= 15 is 0 Å². The van der Waals surface area contributed by atoms with E-state index in [1.807, 2.05) is 19.2 Å². The molecular weight excluding hydrogens is 264 g/mol. The van der Waals surface area contributed by atoms with Crippen molar-refractivity contribution in [3.8, 4) is 0 Å². The highest BCUT2D eigenvalue weighted by Crippen LogP contribution is 2.18. The molecule has 0 saturated carbocycles. The number of hydrogen-bond acceptors (Lipinski definition) is 3. The normalized spacial score (nSPS) is 21.6. The van der Waals surface area contributed by atoms with Crippen LogP contribution in [0.15, 0.2) is 18.5 Å². The Morgan fingerprint density at radius 2 is 2.26 bits per heavy atom. The number of aryl methyl sites for hydroxylation is 1. The molecule has 19 heavy (non-hydrogen) atoms. The van der Waals surface area contributed by atoms with Gasteiger partial charge in [-0.1, -0.05) is 6.42 Å². The van der Waals surface area contributed by atoms with Crippen molar-refractivity contribution in [2.75, 3.05) is 13.1 Å². The monoisotopic (exact) mass is 286 g/mol. The molecule has 1 atom stereocenters. The topological polar surface area (TPSA) is 67.2 Å². The Morgan fingerprint density at radius 1 is 1.42 bits per heavy atom. The summed E-state index contributed by atoms with van der Waals surface area (Å²) in [7, 11) is -3.32. The summed E-state index contributed by atoms with van der Waals surface area (Å²) < 4.78 is 30.4. The Labute approximate surface area is 115 Å². The lowest BCUT2D eigenvalue weighted by Crippen LogP contribution is -2.48. The smallest absolute Gasteiger partial charge is 0.273 e. The first-order valence-corrected chi connectivity index (χ1v) is 8.27. The van der Waals surface area contributed by atoms with Gasteiger partial charge in [-0.2, -0.15) is 17.8 Å². The zero-order chi connectivity index (χ0) is 13.7. The van der Waals surface area contributed by atoms with Crippen LogP contribution in [0, 0.1) is 0 Å². The molecule has 0 spiro atoms. The molecule has 1 saturated heterocycles. The standard InChI is InChI=1S/C12H22N4O2S/c1-12-6-2-3-11-16(12)19(17,18)14-8-5-10-15-9-4-7-13-15/h4,7,9,12,14H,2-3,5-6,8,10-11H2,1H3. The fourth-order valence-corrected chi connectivity index (χ4v) is 3.90. The van der Waals surface area contributed by atoms with Gasteiger partial charge >= 0.3 is 0 Å². The number of nitrogens with zero attached hydrogens (tertiary/aromatic N) is 3. The second kappa shape index (κ2) is 6.49. The molecule has 1 aromatic heterocycles. The van der Waals surface area contributed by atoms with Crippen molar-refractivity contribution in [1.82, 2.24) is 18.8 Å². The molecule has 2 rings (SSSR count). The fourth-order valence-electron chi connectivity index (χ4n) is 2.39. The minimum Gasteiger partial charge on any atom is -0.273 e. The van der Waals surface area contributed by atoms with Gasteiger partial charge in [0.1, 0.15) is 0 Å². The summed E-state index contributed by atoms with van der Waals surface area (Å²) in [6.07, 6.45) is 7.36. The molecule has 1 aliphatic heterocycles. The van der Waals surface area contributed by atoms with E-state index in [0.717, 1.165) is 32.2 Å². The van der Waals surface area contributed by atoms with Crippen LogP contribution in [-0.4, -0.2) is 41.6 Å². The van der Waals surface area contributed by atoms with Crippen LogP contribution in [-0.2, 0) is 16.8 Å². The van der Waals surface area contributed by atoms with Crippen LogP contribution in [0.1, 0.15) is 32.6 Å². The first-order valence-electron chi connectivity index (χ1n) is 6.83. The largest absolute Gasteiger partial charge is 0.279 e. The SMILES string of the molecule is CC1CCCCN1S(=O)(=O)NCCCn1cccn1. The Bertz CT molecular complexity index is 472. The molecule has 7 heteroatoms. The third-order valence-electron chi connectivity index (χ3n) is 3.46. The molecule has 1 aromatic rings. The van der Waals surface area contributed by atoms with Crippen LogP contribution in [0.25, 0.3) is 0 Å².